The van der Waals surface area contributed by atoms with Gasteiger partial charge in [0.2, 0.25) is 10.0 Å². The van der Waals surface area contributed by atoms with Crippen LogP contribution in [0.4, 0.5) is 0 Å². The van der Waals surface area contributed by atoms with Crippen LogP contribution in [-0.2, 0) is 16.6 Å². The summed E-state index contributed by atoms with van der Waals surface area (Å²) in [4.78, 5) is 0.236. The van der Waals surface area contributed by atoms with Gasteiger partial charge >= 0.3 is 0 Å². The van der Waals surface area contributed by atoms with Crippen molar-refractivity contribution in [3.63, 3.8) is 0 Å². The average Bonchev–Trinajstić information content (AvgIpc) is 2.53. The van der Waals surface area contributed by atoms with E-state index in [1.807, 2.05) is 0 Å². The lowest BCUT2D eigenvalue weighted by Gasteiger charge is -2.11. The molecule has 0 spiro atoms. The molecule has 118 valence electrons. The molecule has 2 rings (SSSR count). The molecule has 0 saturated carbocycles. The van der Waals surface area contributed by atoms with Crippen LogP contribution in [0.15, 0.2) is 47.4 Å². The van der Waals surface area contributed by atoms with Crippen LogP contribution in [-0.4, -0.2) is 22.6 Å². The van der Waals surface area contributed by atoms with E-state index in [2.05, 4.69) is 27.3 Å². The Morgan fingerprint density at radius 1 is 1.05 bits per heavy atom. The third-order valence-corrected chi connectivity index (χ3v) is 5.21. The first-order valence-electron chi connectivity index (χ1n) is 6.42. The first kappa shape index (κ1) is 17.0. The van der Waals surface area contributed by atoms with Crippen molar-refractivity contribution in [3.05, 3.63) is 51.6 Å². The lowest BCUT2D eigenvalue weighted by Crippen LogP contribution is -2.23. The van der Waals surface area contributed by atoms with Gasteiger partial charge in [0.05, 0.1) is 19.1 Å². The number of methoxy groups -OCH3 is 2. The lowest BCUT2D eigenvalue weighted by molar-refractivity contribution is 0.390. The minimum atomic E-state index is -3.56. The molecule has 2 aromatic carbocycles. The van der Waals surface area contributed by atoms with Gasteiger partial charge in [-0.05, 0) is 52.9 Å². The zero-order chi connectivity index (χ0) is 16.2. The highest BCUT2D eigenvalue weighted by Crippen LogP contribution is 2.24. The van der Waals surface area contributed by atoms with Crippen molar-refractivity contribution in [3.8, 4) is 11.5 Å². The van der Waals surface area contributed by atoms with E-state index in [0.717, 1.165) is 9.13 Å². The number of halogens is 1. The van der Waals surface area contributed by atoms with Gasteiger partial charge in [0.1, 0.15) is 11.5 Å². The third kappa shape index (κ3) is 4.11. The standard InChI is InChI=1S/C15H16INO4S/c1-20-13-6-3-11(15(9-13)21-2)10-17-22(18,19)14-7-4-12(16)5-8-14/h3-9,17H,10H2,1-2H3. The van der Waals surface area contributed by atoms with E-state index >= 15 is 0 Å². The average molecular weight is 433 g/mol. The van der Waals surface area contributed by atoms with Gasteiger partial charge in [0.15, 0.2) is 0 Å². The van der Waals surface area contributed by atoms with Crippen LogP contribution < -0.4 is 14.2 Å². The fourth-order valence-electron chi connectivity index (χ4n) is 1.87. The molecule has 7 heteroatoms. The fraction of sp³-hybridized carbons (Fsp3) is 0.200. The monoisotopic (exact) mass is 433 g/mol. The Bertz CT molecular complexity index is 745. The highest BCUT2D eigenvalue weighted by atomic mass is 127. The summed E-state index contributed by atoms with van der Waals surface area (Å²) in [7, 11) is -0.459. The van der Waals surface area contributed by atoms with Gasteiger partial charge in [-0.25, -0.2) is 13.1 Å². The van der Waals surface area contributed by atoms with Crippen molar-refractivity contribution in [2.45, 2.75) is 11.4 Å². The molecule has 0 unspecified atom stereocenters. The van der Waals surface area contributed by atoms with Crippen LogP contribution in [0.25, 0.3) is 0 Å². The van der Waals surface area contributed by atoms with E-state index in [0.29, 0.717) is 11.5 Å². The molecule has 0 saturated heterocycles. The molecule has 0 atom stereocenters. The maximum atomic E-state index is 12.3. The van der Waals surface area contributed by atoms with Crippen molar-refractivity contribution < 1.29 is 17.9 Å². The lowest BCUT2D eigenvalue weighted by atomic mass is 10.2. The van der Waals surface area contributed by atoms with Gasteiger partial charge in [-0.2, -0.15) is 0 Å². The van der Waals surface area contributed by atoms with Crippen LogP contribution >= 0.6 is 22.6 Å². The Morgan fingerprint density at radius 3 is 2.32 bits per heavy atom. The van der Waals surface area contributed by atoms with Crippen LogP contribution in [0.5, 0.6) is 11.5 Å². The summed E-state index contributed by atoms with van der Waals surface area (Å²) in [5.74, 6) is 1.23. The van der Waals surface area contributed by atoms with Crippen molar-refractivity contribution in [1.82, 2.24) is 4.72 Å². The van der Waals surface area contributed by atoms with E-state index in [-0.39, 0.29) is 11.4 Å². The molecule has 0 fully saturated rings. The number of hydrogen-bond donors (Lipinski definition) is 1. The summed E-state index contributed by atoms with van der Waals surface area (Å²) in [6.07, 6.45) is 0. The normalized spacial score (nSPS) is 11.2. The number of sulfonamides is 1. The minimum Gasteiger partial charge on any atom is -0.497 e. The topological polar surface area (TPSA) is 64.6 Å². The second-order valence-corrected chi connectivity index (χ2v) is 7.47. The first-order valence-corrected chi connectivity index (χ1v) is 8.98. The quantitative estimate of drug-likeness (QED) is 0.712. The smallest absolute Gasteiger partial charge is 0.240 e. The van der Waals surface area contributed by atoms with Crippen LogP contribution in [0.3, 0.4) is 0 Å². The van der Waals surface area contributed by atoms with Crippen molar-refractivity contribution >= 4 is 32.6 Å². The summed E-state index contributed by atoms with van der Waals surface area (Å²) in [6.45, 7) is 0.140. The molecule has 0 aliphatic heterocycles. The Kier molecular flexibility index (Phi) is 5.65. The Hall–Kier alpha value is -1.32. The molecule has 22 heavy (non-hydrogen) atoms. The number of rotatable bonds is 6. The molecule has 0 bridgehead atoms. The van der Waals surface area contributed by atoms with Crippen molar-refractivity contribution in [1.29, 1.82) is 0 Å². The molecule has 0 heterocycles. The fourth-order valence-corrected chi connectivity index (χ4v) is 3.23. The van der Waals surface area contributed by atoms with Crippen LogP contribution in [0.1, 0.15) is 5.56 Å². The maximum absolute atomic E-state index is 12.3. The molecular formula is C15H16INO4S. The molecule has 0 aromatic heterocycles. The number of hydrogen-bond acceptors (Lipinski definition) is 4. The minimum absolute atomic E-state index is 0.140. The van der Waals surface area contributed by atoms with Crippen LogP contribution in [0.2, 0.25) is 0 Å². The molecule has 0 aliphatic rings. The maximum Gasteiger partial charge on any atom is 0.240 e. The summed E-state index contributed by atoms with van der Waals surface area (Å²) < 4.78 is 38.5. The molecule has 5 nitrogen and oxygen atoms in total. The van der Waals surface area contributed by atoms with E-state index in [1.165, 1.54) is 7.11 Å². The third-order valence-electron chi connectivity index (χ3n) is 3.07. The van der Waals surface area contributed by atoms with Crippen LogP contribution in [0, 0.1) is 3.57 Å². The molecular weight excluding hydrogens is 417 g/mol. The SMILES string of the molecule is COc1ccc(CNS(=O)(=O)c2ccc(I)cc2)c(OC)c1. The Morgan fingerprint density at radius 2 is 1.73 bits per heavy atom. The van der Waals surface area contributed by atoms with E-state index in [4.69, 9.17) is 9.47 Å². The van der Waals surface area contributed by atoms with E-state index in [1.54, 1.807) is 49.6 Å². The summed E-state index contributed by atoms with van der Waals surface area (Å²) in [5.41, 5.74) is 0.734. The van der Waals surface area contributed by atoms with Gasteiger partial charge in [0.25, 0.3) is 0 Å². The molecule has 2 aromatic rings. The van der Waals surface area contributed by atoms with Gasteiger partial charge in [-0.3, -0.25) is 0 Å². The number of nitrogens with one attached hydrogen (secondary N) is 1. The molecule has 1 N–H and O–H groups in total. The second kappa shape index (κ2) is 7.30. The summed E-state index contributed by atoms with van der Waals surface area (Å²) in [6, 6.07) is 11.9. The Balaban J connectivity index is 2.17. The highest BCUT2D eigenvalue weighted by Gasteiger charge is 2.15. The molecule has 0 aliphatic carbocycles. The summed E-state index contributed by atoms with van der Waals surface area (Å²) >= 11 is 2.13. The van der Waals surface area contributed by atoms with Crippen molar-refractivity contribution in [2.75, 3.05) is 14.2 Å². The van der Waals surface area contributed by atoms with Gasteiger partial charge < -0.3 is 9.47 Å². The molecule has 0 radical (unpaired) electrons. The number of ether oxygens (including phenoxy) is 2. The number of benzene rings is 2. The Labute approximate surface area is 143 Å². The van der Waals surface area contributed by atoms with Gasteiger partial charge in [0, 0.05) is 21.7 Å². The zero-order valence-corrected chi connectivity index (χ0v) is 15.1. The van der Waals surface area contributed by atoms with Gasteiger partial charge in [-0.1, -0.05) is 6.07 Å². The van der Waals surface area contributed by atoms with Gasteiger partial charge in [-0.15, -0.1) is 0 Å². The highest BCUT2D eigenvalue weighted by molar-refractivity contribution is 14.1. The predicted octanol–water partition coefficient (Wildman–Crippen LogP) is 2.79. The van der Waals surface area contributed by atoms with E-state index in [9.17, 15) is 8.42 Å². The van der Waals surface area contributed by atoms with E-state index < -0.39 is 10.0 Å². The first-order chi connectivity index (χ1) is 10.5. The second-order valence-electron chi connectivity index (χ2n) is 4.46. The predicted molar refractivity (Wildman–Crippen MR) is 92.7 cm³/mol. The summed E-state index contributed by atoms with van der Waals surface area (Å²) in [5, 5.41) is 0. The van der Waals surface area contributed by atoms with Crippen molar-refractivity contribution in [2.24, 2.45) is 0 Å². The zero-order valence-electron chi connectivity index (χ0n) is 12.2. The largest absolute Gasteiger partial charge is 0.497 e. The molecule has 0 amide bonds.